The van der Waals surface area contributed by atoms with Crippen LogP contribution in [0.15, 0.2) is 60.7 Å². The van der Waals surface area contributed by atoms with Crippen LogP contribution in [0.2, 0.25) is 0 Å². The monoisotopic (exact) mass is 359 g/mol. The third-order valence-electron chi connectivity index (χ3n) is 5.44. The van der Waals surface area contributed by atoms with Crippen molar-refractivity contribution in [3.63, 3.8) is 0 Å². The number of nitrogens with two attached hydrogens (primary N) is 1. The zero-order valence-corrected chi connectivity index (χ0v) is 15.6. The standard InChI is InChI=1S/C23H25N3O/c1-16-11-13-26(14-12-16)22-10-9-18(15-21(22)24)25-23(27)20-8-4-6-17-5-2-3-7-19(17)20/h2-10,15-16H,11-14,24H2,1H3,(H,25,27). The van der Waals surface area contributed by atoms with E-state index < -0.39 is 0 Å². The van der Waals surface area contributed by atoms with Crippen molar-refractivity contribution in [2.24, 2.45) is 5.92 Å². The maximum atomic E-state index is 12.8. The smallest absolute Gasteiger partial charge is 0.256 e. The van der Waals surface area contributed by atoms with Gasteiger partial charge in [0.05, 0.1) is 11.4 Å². The van der Waals surface area contributed by atoms with Crippen molar-refractivity contribution in [2.75, 3.05) is 29.0 Å². The molecule has 4 rings (SSSR count). The highest BCUT2D eigenvalue weighted by Gasteiger charge is 2.18. The molecule has 27 heavy (non-hydrogen) atoms. The molecule has 3 aromatic carbocycles. The van der Waals surface area contributed by atoms with Crippen LogP contribution in [0.1, 0.15) is 30.1 Å². The Bertz CT molecular complexity index is 969. The van der Waals surface area contributed by atoms with Gasteiger partial charge in [0.15, 0.2) is 0 Å². The van der Waals surface area contributed by atoms with Crippen molar-refractivity contribution in [3.8, 4) is 0 Å². The molecular formula is C23H25N3O. The van der Waals surface area contributed by atoms with E-state index in [1.165, 1.54) is 12.8 Å². The highest BCUT2D eigenvalue weighted by atomic mass is 16.1. The maximum absolute atomic E-state index is 12.8. The number of amides is 1. The fourth-order valence-electron chi connectivity index (χ4n) is 3.79. The molecule has 0 spiro atoms. The molecule has 0 unspecified atom stereocenters. The van der Waals surface area contributed by atoms with Gasteiger partial charge in [-0.2, -0.15) is 0 Å². The minimum Gasteiger partial charge on any atom is -0.397 e. The zero-order chi connectivity index (χ0) is 18.8. The van der Waals surface area contributed by atoms with Crippen LogP contribution < -0.4 is 16.0 Å². The van der Waals surface area contributed by atoms with Gasteiger partial charge >= 0.3 is 0 Å². The summed E-state index contributed by atoms with van der Waals surface area (Å²) in [6.07, 6.45) is 2.39. The molecule has 0 aromatic heterocycles. The summed E-state index contributed by atoms with van der Waals surface area (Å²) in [5, 5.41) is 4.99. The Labute approximate surface area is 160 Å². The summed E-state index contributed by atoms with van der Waals surface area (Å²) in [6.45, 7) is 4.37. The Kier molecular flexibility index (Phi) is 4.71. The Morgan fingerprint density at radius 3 is 2.56 bits per heavy atom. The van der Waals surface area contributed by atoms with E-state index in [2.05, 4.69) is 17.1 Å². The van der Waals surface area contributed by atoms with Crippen molar-refractivity contribution < 1.29 is 4.79 Å². The first-order chi connectivity index (χ1) is 13.1. The number of fused-ring (bicyclic) bond motifs is 1. The number of piperidine rings is 1. The zero-order valence-electron chi connectivity index (χ0n) is 15.6. The molecule has 3 aromatic rings. The minimum atomic E-state index is -0.120. The van der Waals surface area contributed by atoms with E-state index in [-0.39, 0.29) is 5.91 Å². The lowest BCUT2D eigenvalue weighted by atomic mass is 9.98. The lowest BCUT2D eigenvalue weighted by Crippen LogP contribution is -2.33. The van der Waals surface area contributed by atoms with Crippen molar-refractivity contribution in [1.29, 1.82) is 0 Å². The fraction of sp³-hybridized carbons (Fsp3) is 0.261. The lowest BCUT2D eigenvalue weighted by molar-refractivity contribution is 0.102. The van der Waals surface area contributed by atoms with Crippen molar-refractivity contribution >= 4 is 33.7 Å². The molecule has 0 atom stereocenters. The molecule has 0 saturated carbocycles. The number of carbonyl (C=O) groups excluding carboxylic acids is 1. The number of carbonyl (C=O) groups is 1. The van der Waals surface area contributed by atoms with E-state index in [4.69, 9.17) is 5.73 Å². The van der Waals surface area contributed by atoms with Crippen LogP contribution in [0.5, 0.6) is 0 Å². The van der Waals surface area contributed by atoms with Crippen molar-refractivity contribution in [1.82, 2.24) is 0 Å². The number of hydrogen-bond donors (Lipinski definition) is 2. The second-order valence-corrected chi connectivity index (χ2v) is 7.42. The van der Waals surface area contributed by atoms with E-state index >= 15 is 0 Å². The Morgan fingerprint density at radius 2 is 1.78 bits per heavy atom. The van der Waals surface area contributed by atoms with E-state index in [0.717, 1.165) is 41.2 Å². The number of rotatable bonds is 3. The summed E-state index contributed by atoms with van der Waals surface area (Å²) in [5.41, 5.74) is 9.46. The van der Waals surface area contributed by atoms with Crippen LogP contribution in [0.25, 0.3) is 10.8 Å². The SMILES string of the molecule is CC1CCN(c2ccc(NC(=O)c3cccc4ccccc34)cc2N)CC1. The molecule has 1 aliphatic rings. The first kappa shape index (κ1) is 17.4. The van der Waals surface area contributed by atoms with Gasteiger partial charge in [0.1, 0.15) is 0 Å². The summed E-state index contributed by atoms with van der Waals surface area (Å²) >= 11 is 0. The van der Waals surface area contributed by atoms with E-state index in [9.17, 15) is 4.79 Å². The summed E-state index contributed by atoms with van der Waals surface area (Å²) in [4.78, 5) is 15.1. The fourth-order valence-corrected chi connectivity index (χ4v) is 3.79. The second-order valence-electron chi connectivity index (χ2n) is 7.42. The molecule has 1 aliphatic heterocycles. The molecule has 1 fully saturated rings. The summed E-state index contributed by atoms with van der Waals surface area (Å²) in [6, 6.07) is 19.5. The molecular weight excluding hydrogens is 334 g/mol. The van der Waals surface area contributed by atoms with Gasteiger partial charge in [-0.25, -0.2) is 0 Å². The number of nitrogens with one attached hydrogen (secondary N) is 1. The largest absolute Gasteiger partial charge is 0.397 e. The van der Waals surface area contributed by atoms with Crippen LogP contribution >= 0.6 is 0 Å². The highest BCUT2D eigenvalue weighted by Crippen LogP contribution is 2.30. The van der Waals surface area contributed by atoms with Crippen LogP contribution in [-0.2, 0) is 0 Å². The van der Waals surface area contributed by atoms with Gasteiger partial charge in [-0.3, -0.25) is 4.79 Å². The number of benzene rings is 3. The first-order valence-electron chi connectivity index (χ1n) is 9.55. The number of nitrogen functional groups attached to an aromatic ring is 1. The Morgan fingerprint density at radius 1 is 1.04 bits per heavy atom. The average Bonchev–Trinajstić information content (AvgIpc) is 2.68. The van der Waals surface area contributed by atoms with E-state index in [1.807, 2.05) is 60.7 Å². The Balaban J connectivity index is 1.54. The number of anilines is 3. The van der Waals surface area contributed by atoms with Crippen LogP contribution in [0.4, 0.5) is 17.1 Å². The van der Waals surface area contributed by atoms with Crippen molar-refractivity contribution in [2.45, 2.75) is 19.8 Å². The predicted octanol–water partition coefficient (Wildman–Crippen LogP) is 4.91. The van der Waals surface area contributed by atoms with Gasteiger partial charge in [0.25, 0.3) is 5.91 Å². The first-order valence-corrected chi connectivity index (χ1v) is 9.55. The normalized spacial score (nSPS) is 15.1. The van der Waals surface area contributed by atoms with E-state index in [1.54, 1.807) is 0 Å². The van der Waals surface area contributed by atoms with E-state index in [0.29, 0.717) is 11.3 Å². The summed E-state index contributed by atoms with van der Waals surface area (Å²) < 4.78 is 0. The Hall–Kier alpha value is -3.01. The molecule has 0 bridgehead atoms. The van der Waals surface area contributed by atoms with Gasteiger partial charge in [-0.15, -0.1) is 0 Å². The molecule has 4 heteroatoms. The highest BCUT2D eigenvalue weighted by molar-refractivity contribution is 6.13. The minimum absolute atomic E-state index is 0.120. The van der Waals surface area contributed by atoms with Gasteiger partial charge in [-0.1, -0.05) is 43.3 Å². The molecule has 3 N–H and O–H groups in total. The predicted molar refractivity (Wildman–Crippen MR) is 113 cm³/mol. The van der Waals surface area contributed by atoms with Gasteiger partial charge in [0.2, 0.25) is 0 Å². The van der Waals surface area contributed by atoms with Gasteiger partial charge < -0.3 is 16.0 Å². The third-order valence-corrected chi connectivity index (χ3v) is 5.44. The molecule has 0 aliphatic carbocycles. The third kappa shape index (κ3) is 3.61. The molecule has 4 nitrogen and oxygen atoms in total. The summed E-state index contributed by atoms with van der Waals surface area (Å²) in [5.74, 6) is 0.660. The molecule has 1 saturated heterocycles. The molecule has 0 radical (unpaired) electrons. The van der Waals surface area contributed by atoms with Gasteiger partial charge in [-0.05, 0) is 53.8 Å². The topological polar surface area (TPSA) is 58.4 Å². The second kappa shape index (κ2) is 7.31. The number of hydrogen-bond acceptors (Lipinski definition) is 3. The summed E-state index contributed by atoms with van der Waals surface area (Å²) in [7, 11) is 0. The lowest BCUT2D eigenvalue weighted by Gasteiger charge is -2.33. The molecule has 1 amide bonds. The number of nitrogens with zero attached hydrogens (tertiary/aromatic N) is 1. The van der Waals surface area contributed by atoms with Crippen LogP contribution in [-0.4, -0.2) is 19.0 Å². The van der Waals surface area contributed by atoms with Crippen LogP contribution in [0, 0.1) is 5.92 Å². The average molecular weight is 359 g/mol. The molecule has 1 heterocycles. The quantitative estimate of drug-likeness (QED) is 0.653. The van der Waals surface area contributed by atoms with Crippen molar-refractivity contribution in [3.05, 3.63) is 66.2 Å². The van der Waals surface area contributed by atoms with Gasteiger partial charge in [0, 0.05) is 24.3 Å². The maximum Gasteiger partial charge on any atom is 0.256 e. The van der Waals surface area contributed by atoms with Crippen LogP contribution in [0.3, 0.4) is 0 Å². The molecule has 138 valence electrons.